The molecule has 0 N–H and O–H groups in total. The SMILES string of the molecule is CC(Cl)c1nc2ccc(C#N)cc2n1C(C)CCS(C)=O. The molecule has 2 aromatic rings. The summed E-state index contributed by atoms with van der Waals surface area (Å²) in [4.78, 5) is 4.58. The number of nitriles is 1. The average Bonchev–Trinajstić information content (AvgIpc) is 2.83. The second-order valence-corrected chi connectivity index (χ2v) is 7.40. The summed E-state index contributed by atoms with van der Waals surface area (Å²) in [5, 5.41) is 8.85. The van der Waals surface area contributed by atoms with Crippen LogP contribution in [0.15, 0.2) is 18.2 Å². The second-order valence-electron chi connectivity index (χ2n) is 5.19. The molecule has 0 aliphatic rings. The van der Waals surface area contributed by atoms with E-state index in [0.29, 0.717) is 11.3 Å². The van der Waals surface area contributed by atoms with Crippen molar-refractivity contribution >= 4 is 33.4 Å². The Morgan fingerprint density at radius 2 is 2.19 bits per heavy atom. The van der Waals surface area contributed by atoms with Crippen molar-refractivity contribution in [3.05, 3.63) is 29.6 Å². The molecule has 1 aromatic heterocycles. The van der Waals surface area contributed by atoms with E-state index in [4.69, 9.17) is 16.9 Å². The van der Waals surface area contributed by atoms with Gasteiger partial charge in [-0.15, -0.1) is 11.6 Å². The summed E-state index contributed by atoms with van der Waals surface area (Å²) in [6, 6.07) is 7.72. The molecular weight excluding hydrogens is 306 g/mol. The highest BCUT2D eigenvalue weighted by molar-refractivity contribution is 7.84. The van der Waals surface area contributed by atoms with Crippen molar-refractivity contribution in [2.75, 3.05) is 12.0 Å². The Balaban J connectivity index is 2.54. The van der Waals surface area contributed by atoms with Gasteiger partial charge in [-0.1, -0.05) is 0 Å². The van der Waals surface area contributed by atoms with Gasteiger partial charge >= 0.3 is 0 Å². The van der Waals surface area contributed by atoms with Crippen LogP contribution in [0, 0.1) is 11.3 Å². The van der Waals surface area contributed by atoms with Crippen LogP contribution in [0.25, 0.3) is 11.0 Å². The fourth-order valence-corrected chi connectivity index (χ4v) is 3.22. The lowest BCUT2D eigenvalue weighted by molar-refractivity contribution is 0.523. The third-order valence-corrected chi connectivity index (χ3v) is 4.47. The maximum Gasteiger partial charge on any atom is 0.127 e. The summed E-state index contributed by atoms with van der Waals surface area (Å²) in [7, 11) is -0.824. The molecule has 3 atom stereocenters. The number of imidazole rings is 1. The first-order chi connectivity index (χ1) is 9.93. The number of nitrogens with zero attached hydrogens (tertiary/aromatic N) is 3. The lowest BCUT2D eigenvalue weighted by Gasteiger charge is -2.18. The van der Waals surface area contributed by atoms with Gasteiger partial charge in [0.1, 0.15) is 5.82 Å². The molecule has 0 amide bonds. The Labute approximate surface area is 132 Å². The Bertz CT molecular complexity index is 718. The number of halogens is 1. The van der Waals surface area contributed by atoms with Gasteiger partial charge < -0.3 is 4.57 Å². The van der Waals surface area contributed by atoms with E-state index in [1.807, 2.05) is 19.1 Å². The van der Waals surface area contributed by atoms with Gasteiger partial charge in [0.25, 0.3) is 0 Å². The van der Waals surface area contributed by atoms with Crippen LogP contribution >= 0.6 is 11.6 Å². The van der Waals surface area contributed by atoms with Crippen LogP contribution in [0.3, 0.4) is 0 Å². The summed E-state index contributed by atoms with van der Waals surface area (Å²) in [6.07, 6.45) is 2.49. The molecule has 0 bridgehead atoms. The molecule has 0 radical (unpaired) electrons. The van der Waals surface area contributed by atoms with Crippen molar-refractivity contribution in [3.8, 4) is 6.07 Å². The van der Waals surface area contributed by atoms with Crippen molar-refractivity contribution in [2.45, 2.75) is 31.7 Å². The van der Waals surface area contributed by atoms with Gasteiger partial charge in [0.15, 0.2) is 0 Å². The number of rotatable bonds is 5. The minimum atomic E-state index is -0.824. The average molecular weight is 324 g/mol. The van der Waals surface area contributed by atoms with Crippen molar-refractivity contribution in [2.24, 2.45) is 0 Å². The fourth-order valence-electron chi connectivity index (χ4n) is 2.39. The maximum atomic E-state index is 11.3. The van der Waals surface area contributed by atoms with Crippen LogP contribution in [0.1, 0.15) is 43.1 Å². The van der Waals surface area contributed by atoms with E-state index in [-0.39, 0.29) is 11.4 Å². The molecule has 21 heavy (non-hydrogen) atoms. The van der Waals surface area contributed by atoms with Crippen molar-refractivity contribution < 1.29 is 4.21 Å². The van der Waals surface area contributed by atoms with Gasteiger partial charge in [0.2, 0.25) is 0 Å². The summed E-state index contributed by atoms with van der Waals surface area (Å²) in [5.74, 6) is 1.42. The van der Waals surface area contributed by atoms with Crippen molar-refractivity contribution in [1.82, 2.24) is 9.55 Å². The molecule has 0 saturated heterocycles. The quantitative estimate of drug-likeness (QED) is 0.791. The smallest absolute Gasteiger partial charge is 0.127 e. The Kier molecular flexibility index (Phi) is 5.02. The van der Waals surface area contributed by atoms with E-state index >= 15 is 0 Å². The summed E-state index contributed by atoms with van der Waals surface area (Å²) >= 11 is 6.25. The number of hydrogen-bond acceptors (Lipinski definition) is 3. The minimum absolute atomic E-state index is 0.129. The molecule has 0 aliphatic heterocycles. The molecule has 6 heteroatoms. The molecule has 2 rings (SSSR count). The largest absolute Gasteiger partial charge is 0.324 e. The first kappa shape index (κ1) is 16.0. The second kappa shape index (κ2) is 6.59. The molecule has 3 unspecified atom stereocenters. The molecule has 1 heterocycles. The maximum absolute atomic E-state index is 11.3. The summed E-state index contributed by atoms with van der Waals surface area (Å²) in [6.45, 7) is 3.95. The Hall–Kier alpha value is -1.38. The Morgan fingerprint density at radius 3 is 2.76 bits per heavy atom. The first-order valence-corrected chi connectivity index (χ1v) is 8.96. The fraction of sp³-hybridized carbons (Fsp3) is 0.467. The van der Waals surface area contributed by atoms with E-state index in [1.165, 1.54) is 0 Å². The normalized spacial score (nSPS) is 15.6. The first-order valence-electron chi connectivity index (χ1n) is 6.80. The van der Waals surface area contributed by atoms with E-state index in [2.05, 4.69) is 22.5 Å². The molecule has 1 aromatic carbocycles. The highest BCUT2D eigenvalue weighted by atomic mass is 35.5. The molecule has 0 aliphatic carbocycles. The Morgan fingerprint density at radius 1 is 1.48 bits per heavy atom. The molecule has 112 valence electrons. The van der Waals surface area contributed by atoms with Gasteiger partial charge in [0, 0.05) is 28.9 Å². The molecular formula is C15H18ClN3OS. The van der Waals surface area contributed by atoms with E-state index in [9.17, 15) is 4.21 Å². The van der Waals surface area contributed by atoms with Crippen LogP contribution in [-0.2, 0) is 10.8 Å². The standard InChI is InChI=1S/C15H18ClN3OS/c1-10(6-7-21(3)20)19-14-8-12(9-17)4-5-13(14)18-15(19)11(2)16/h4-5,8,10-11H,6-7H2,1-3H3. The van der Waals surface area contributed by atoms with Gasteiger partial charge in [-0.2, -0.15) is 5.26 Å². The van der Waals surface area contributed by atoms with Crippen LogP contribution < -0.4 is 0 Å². The highest BCUT2D eigenvalue weighted by Gasteiger charge is 2.19. The predicted molar refractivity (Wildman–Crippen MR) is 87.0 cm³/mol. The van der Waals surface area contributed by atoms with E-state index in [1.54, 1.807) is 12.3 Å². The lowest BCUT2D eigenvalue weighted by Crippen LogP contribution is -2.12. The summed E-state index contributed by atoms with van der Waals surface area (Å²) in [5.41, 5.74) is 2.34. The predicted octanol–water partition coefficient (Wildman–Crippen LogP) is 3.54. The number of benzene rings is 1. The third-order valence-electron chi connectivity index (χ3n) is 3.47. The van der Waals surface area contributed by atoms with Crippen molar-refractivity contribution in [1.29, 1.82) is 5.26 Å². The van der Waals surface area contributed by atoms with Crippen LogP contribution in [0.2, 0.25) is 0 Å². The zero-order chi connectivity index (χ0) is 15.6. The molecule has 4 nitrogen and oxygen atoms in total. The van der Waals surface area contributed by atoms with Crippen LogP contribution in [0.5, 0.6) is 0 Å². The summed E-state index contributed by atoms with van der Waals surface area (Å²) < 4.78 is 13.4. The monoisotopic (exact) mass is 323 g/mol. The van der Waals surface area contributed by atoms with Gasteiger partial charge in [0.05, 0.1) is 28.0 Å². The highest BCUT2D eigenvalue weighted by Crippen LogP contribution is 2.29. The van der Waals surface area contributed by atoms with Gasteiger partial charge in [-0.25, -0.2) is 4.98 Å². The van der Waals surface area contributed by atoms with Gasteiger partial charge in [-0.05, 0) is 38.5 Å². The number of aromatic nitrogens is 2. The number of alkyl halides is 1. The van der Waals surface area contributed by atoms with E-state index in [0.717, 1.165) is 23.3 Å². The van der Waals surface area contributed by atoms with Crippen LogP contribution in [0.4, 0.5) is 0 Å². The van der Waals surface area contributed by atoms with Crippen LogP contribution in [-0.4, -0.2) is 25.8 Å². The third kappa shape index (κ3) is 3.45. The molecule has 0 spiro atoms. The van der Waals surface area contributed by atoms with Gasteiger partial charge in [-0.3, -0.25) is 4.21 Å². The van der Waals surface area contributed by atoms with Crippen molar-refractivity contribution in [3.63, 3.8) is 0 Å². The number of fused-ring (bicyclic) bond motifs is 1. The number of hydrogen-bond donors (Lipinski definition) is 0. The topological polar surface area (TPSA) is 58.7 Å². The lowest BCUT2D eigenvalue weighted by atomic mass is 10.2. The van der Waals surface area contributed by atoms with E-state index < -0.39 is 10.8 Å². The molecule has 0 fully saturated rings. The minimum Gasteiger partial charge on any atom is -0.324 e. The zero-order valence-corrected chi connectivity index (χ0v) is 13.9. The molecule has 0 saturated carbocycles. The zero-order valence-electron chi connectivity index (χ0n) is 12.3.